The van der Waals surface area contributed by atoms with Crippen LogP contribution in [0.3, 0.4) is 0 Å². The van der Waals surface area contributed by atoms with Gasteiger partial charge in [-0.05, 0) is 26.3 Å². The van der Waals surface area contributed by atoms with Crippen molar-refractivity contribution in [2.24, 2.45) is 0 Å². The summed E-state index contributed by atoms with van der Waals surface area (Å²) in [6.07, 6.45) is -0.571. The van der Waals surface area contributed by atoms with Crippen LogP contribution in [-0.2, 0) is 25.5 Å². The number of hydrogen-bond donors (Lipinski definition) is 3. The third-order valence-electron chi connectivity index (χ3n) is 3.27. The van der Waals surface area contributed by atoms with E-state index in [1.165, 1.54) is 0 Å². The minimum absolute atomic E-state index is 0.186. The molecule has 0 heterocycles. The van der Waals surface area contributed by atoms with E-state index in [2.05, 4.69) is 15.4 Å². The van der Waals surface area contributed by atoms with Crippen molar-refractivity contribution in [2.45, 2.75) is 44.9 Å². The van der Waals surface area contributed by atoms with Crippen LogP contribution in [-0.4, -0.2) is 54.5 Å². The first kappa shape index (κ1) is 21.4. The molecule has 2 unspecified atom stereocenters. The highest BCUT2D eigenvalue weighted by atomic mass is 16.6. The molecular formula is C18H26N2O6. The largest absolute Gasteiger partial charge is 0.467 e. The van der Waals surface area contributed by atoms with Gasteiger partial charge in [-0.2, -0.15) is 0 Å². The number of methoxy groups -OCH3 is 1. The van der Waals surface area contributed by atoms with Crippen LogP contribution in [0.1, 0.15) is 26.3 Å². The number of hydrogen-bond acceptors (Lipinski definition) is 6. The number of carbonyl (C=O) groups excluding carboxylic acids is 3. The maximum absolute atomic E-state index is 12.5. The molecule has 0 aliphatic carbocycles. The van der Waals surface area contributed by atoms with E-state index in [1.807, 2.05) is 18.2 Å². The van der Waals surface area contributed by atoms with E-state index in [4.69, 9.17) is 4.74 Å². The Morgan fingerprint density at radius 3 is 2.19 bits per heavy atom. The molecule has 144 valence electrons. The molecule has 1 rings (SSSR count). The van der Waals surface area contributed by atoms with Crippen LogP contribution >= 0.6 is 0 Å². The maximum atomic E-state index is 12.5. The highest BCUT2D eigenvalue weighted by Gasteiger charge is 2.28. The van der Waals surface area contributed by atoms with E-state index in [9.17, 15) is 19.5 Å². The normalized spacial score (nSPS) is 13.3. The number of nitrogens with one attached hydrogen (secondary N) is 2. The summed E-state index contributed by atoms with van der Waals surface area (Å²) < 4.78 is 9.71. The Morgan fingerprint density at radius 2 is 1.69 bits per heavy atom. The average Bonchev–Trinajstić information content (AvgIpc) is 2.57. The molecule has 8 nitrogen and oxygen atoms in total. The molecule has 0 spiro atoms. The van der Waals surface area contributed by atoms with Gasteiger partial charge in [-0.1, -0.05) is 30.3 Å². The van der Waals surface area contributed by atoms with E-state index in [-0.39, 0.29) is 6.42 Å². The van der Waals surface area contributed by atoms with E-state index in [0.29, 0.717) is 0 Å². The number of amides is 2. The number of carbonyl (C=O) groups is 3. The molecule has 0 fully saturated rings. The lowest BCUT2D eigenvalue weighted by atomic mass is 10.0. The zero-order chi connectivity index (χ0) is 19.7. The molecule has 8 heteroatoms. The van der Waals surface area contributed by atoms with Gasteiger partial charge in [0.2, 0.25) is 5.91 Å². The Balaban J connectivity index is 2.89. The summed E-state index contributed by atoms with van der Waals surface area (Å²) in [5.74, 6) is -1.42. The monoisotopic (exact) mass is 366 g/mol. The van der Waals surface area contributed by atoms with Crippen LogP contribution in [0, 0.1) is 0 Å². The summed E-state index contributed by atoms with van der Waals surface area (Å²) in [5, 5.41) is 14.1. The Morgan fingerprint density at radius 1 is 1.08 bits per heavy atom. The fourth-order valence-electron chi connectivity index (χ4n) is 2.10. The van der Waals surface area contributed by atoms with Crippen LogP contribution < -0.4 is 10.6 Å². The summed E-state index contributed by atoms with van der Waals surface area (Å²) in [6, 6.07) is 6.85. The van der Waals surface area contributed by atoms with Gasteiger partial charge in [0.15, 0.2) is 6.04 Å². The quantitative estimate of drug-likeness (QED) is 0.614. The van der Waals surface area contributed by atoms with Crippen molar-refractivity contribution in [1.29, 1.82) is 0 Å². The lowest BCUT2D eigenvalue weighted by molar-refractivity contribution is -0.146. The summed E-state index contributed by atoms with van der Waals surface area (Å²) in [6.45, 7) is 4.50. The number of alkyl carbamates (subject to hydrolysis) is 1. The fourth-order valence-corrected chi connectivity index (χ4v) is 2.10. The van der Waals surface area contributed by atoms with Crippen molar-refractivity contribution in [3.8, 4) is 0 Å². The SMILES string of the molecule is COC(=O)C(CO)NC(=O)C(Cc1ccccc1)NC(=O)OC(C)(C)C. The molecule has 0 radical (unpaired) electrons. The van der Waals surface area contributed by atoms with Crippen LogP contribution in [0.25, 0.3) is 0 Å². The van der Waals surface area contributed by atoms with Crippen molar-refractivity contribution in [2.75, 3.05) is 13.7 Å². The number of rotatable bonds is 7. The van der Waals surface area contributed by atoms with Gasteiger partial charge in [0.05, 0.1) is 13.7 Å². The summed E-state index contributed by atoms with van der Waals surface area (Å²) in [7, 11) is 1.15. The van der Waals surface area contributed by atoms with Gasteiger partial charge in [-0.15, -0.1) is 0 Å². The highest BCUT2D eigenvalue weighted by Crippen LogP contribution is 2.09. The third-order valence-corrected chi connectivity index (χ3v) is 3.27. The second-order valence-electron chi connectivity index (χ2n) is 6.66. The number of ether oxygens (including phenoxy) is 2. The zero-order valence-corrected chi connectivity index (χ0v) is 15.4. The van der Waals surface area contributed by atoms with E-state index < -0.39 is 42.3 Å². The molecule has 1 aromatic rings. The van der Waals surface area contributed by atoms with Gasteiger partial charge in [0.1, 0.15) is 11.6 Å². The first-order chi connectivity index (χ1) is 12.2. The zero-order valence-electron chi connectivity index (χ0n) is 15.4. The van der Waals surface area contributed by atoms with Crippen LogP contribution in [0.5, 0.6) is 0 Å². The Hall–Kier alpha value is -2.61. The topological polar surface area (TPSA) is 114 Å². The lowest BCUT2D eigenvalue weighted by Crippen LogP contribution is -2.54. The number of benzene rings is 1. The van der Waals surface area contributed by atoms with Crippen molar-refractivity contribution >= 4 is 18.0 Å². The lowest BCUT2D eigenvalue weighted by Gasteiger charge is -2.24. The minimum Gasteiger partial charge on any atom is -0.467 e. The molecule has 0 aliphatic heterocycles. The van der Waals surface area contributed by atoms with E-state index >= 15 is 0 Å². The standard InChI is InChI=1S/C18H26N2O6/c1-18(2,3)26-17(24)20-13(10-12-8-6-5-7-9-12)15(22)19-14(11-21)16(23)25-4/h5-9,13-14,21H,10-11H2,1-4H3,(H,19,22)(H,20,24). The minimum atomic E-state index is -1.22. The first-order valence-corrected chi connectivity index (χ1v) is 8.18. The molecule has 26 heavy (non-hydrogen) atoms. The number of aliphatic hydroxyl groups excluding tert-OH is 1. The first-order valence-electron chi connectivity index (χ1n) is 8.18. The van der Waals surface area contributed by atoms with Crippen molar-refractivity contribution in [3.63, 3.8) is 0 Å². The Bertz CT molecular complexity index is 612. The molecule has 0 saturated heterocycles. The van der Waals surface area contributed by atoms with Gasteiger partial charge in [0, 0.05) is 6.42 Å². The fraction of sp³-hybridized carbons (Fsp3) is 0.500. The third kappa shape index (κ3) is 7.52. The molecule has 0 saturated carbocycles. The van der Waals surface area contributed by atoms with Gasteiger partial charge >= 0.3 is 12.1 Å². The molecule has 2 atom stereocenters. The second kappa shape index (κ2) is 9.76. The molecule has 3 N–H and O–H groups in total. The van der Waals surface area contributed by atoms with Crippen LogP contribution in [0.4, 0.5) is 4.79 Å². The molecule has 0 bridgehead atoms. The molecular weight excluding hydrogens is 340 g/mol. The molecule has 1 aromatic carbocycles. The predicted molar refractivity (Wildman–Crippen MR) is 94.3 cm³/mol. The Labute approximate surface area is 152 Å². The van der Waals surface area contributed by atoms with Gasteiger partial charge in [0.25, 0.3) is 0 Å². The van der Waals surface area contributed by atoms with Gasteiger partial charge in [-0.3, -0.25) is 4.79 Å². The summed E-state index contributed by atoms with van der Waals surface area (Å²) in [5.41, 5.74) is 0.0830. The van der Waals surface area contributed by atoms with Crippen LogP contribution in [0.2, 0.25) is 0 Å². The molecule has 2 amide bonds. The molecule has 0 aliphatic rings. The molecule has 0 aromatic heterocycles. The van der Waals surface area contributed by atoms with E-state index in [0.717, 1.165) is 12.7 Å². The van der Waals surface area contributed by atoms with E-state index in [1.54, 1.807) is 32.9 Å². The summed E-state index contributed by atoms with van der Waals surface area (Å²) in [4.78, 5) is 36.2. The van der Waals surface area contributed by atoms with Crippen LogP contribution in [0.15, 0.2) is 30.3 Å². The second-order valence-corrected chi connectivity index (χ2v) is 6.66. The number of esters is 1. The number of aliphatic hydroxyl groups is 1. The predicted octanol–water partition coefficient (Wildman–Crippen LogP) is 0.772. The Kier molecular flexibility index (Phi) is 8.05. The van der Waals surface area contributed by atoms with Crippen molar-refractivity contribution in [1.82, 2.24) is 10.6 Å². The van der Waals surface area contributed by atoms with Crippen molar-refractivity contribution < 1.29 is 29.0 Å². The highest BCUT2D eigenvalue weighted by molar-refractivity contribution is 5.90. The van der Waals surface area contributed by atoms with Crippen molar-refractivity contribution in [3.05, 3.63) is 35.9 Å². The maximum Gasteiger partial charge on any atom is 0.408 e. The van der Waals surface area contributed by atoms with Gasteiger partial charge < -0.3 is 25.2 Å². The van der Waals surface area contributed by atoms with Gasteiger partial charge in [-0.25, -0.2) is 9.59 Å². The summed E-state index contributed by atoms with van der Waals surface area (Å²) >= 11 is 0. The smallest absolute Gasteiger partial charge is 0.408 e. The average molecular weight is 366 g/mol.